The summed E-state index contributed by atoms with van der Waals surface area (Å²) in [5, 5.41) is 12.0. The van der Waals surface area contributed by atoms with Gasteiger partial charge in [0.1, 0.15) is 24.0 Å². The third-order valence-corrected chi connectivity index (χ3v) is 2.62. The van der Waals surface area contributed by atoms with Crippen molar-refractivity contribution in [3.05, 3.63) is 11.9 Å². The van der Waals surface area contributed by atoms with Crippen molar-refractivity contribution in [2.24, 2.45) is 5.92 Å². The lowest BCUT2D eigenvalue weighted by atomic mass is 10.1. The van der Waals surface area contributed by atoms with Gasteiger partial charge >= 0.3 is 5.97 Å². The van der Waals surface area contributed by atoms with Crippen molar-refractivity contribution in [3.63, 3.8) is 0 Å². The minimum Gasteiger partial charge on any atom is -0.480 e. The van der Waals surface area contributed by atoms with Crippen LogP contribution in [0.3, 0.4) is 0 Å². The molecule has 0 unspecified atom stereocenters. The van der Waals surface area contributed by atoms with Crippen LogP contribution < -0.4 is 10.2 Å². The van der Waals surface area contributed by atoms with Crippen molar-refractivity contribution in [2.75, 3.05) is 30.4 Å². The summed E-state index contributed by atoms with van der Waals surface area (Å²) in [4.78, 5) is 20.8. The smallest absolute Gasteiger partial charge is 0.323 e. The molecule has 0 amide bonds. The van der Waals surface area contributed by atoms with Gasteiger partial charge in [-0.2, -0.15) is 0 Å². The lowest BCUT2D eigenvalue weighted by Gasteiger charge is -2.17. The Kier molecular flexibility index (Phi) is 5.54. The lowest BCUT2D eigenvalue weighted by Crippen LogP contribution is -2.26. The Morgan fingerprint density at radius 1 is 1.47 bits per heavy atom. The van der Waals surface area contributed by atoms with Gasteiger partial charge in [-0.25, -0.2) is 9.97 Å². The first kappa shape index (κ1) is 15.2. The van der Waals surface area contributed by atoms with E-state index in [-0.39, 0.29) is 6.54 Å². The zero-order valence-corrected chi connectivity index (χ0v) is 12.0. The highest BCUT2D eigenvalue weighted by Crippen LogP contribution is 2.14. The van der Waals surface area contributed by atoms with Gasteiger partial charge in [0.25, 0.3) is 0 Å². The van der Waals surface area contributed by atoms with Crippen LogP contribution in [-0.2, 0) is 4.79 Å². The second kappa shape index (κ2) is 6.92. The number of carboxylic acids is 1. The standard InChI is InChI=1S/C13H22N4O2/c1-9(2)5-6-14-11-7-12(16-10(3)15-11)17(4)8-13(18)19/h7,9H,5-6,8H2,1-4H3,(H,18,19)(H,14,15,16). The molecule has 19 heavy (non-hydrogen) atoms. The molecule has 0 spiro atoms. The van der Waals surface area contributed by atoms with Crippen LogP contribution in [0.5, 0.6) is 0 Å². The number of aliphatic carboxylic acids is 1. The molecule has 0 saturated heterocycles. The van der Waals surface area contributed by atoms with Crippen LogP contribution in [0.2, 0.25) is 0 Å². The molecule has 6 heteroatoms. The van der Waals surface area contributed by atoms with Crippen LogP contribution in [0.1, 0.15) is 26.1 Å². The van der Waals surface area contributed by atoms with Gasteiger partial charge in [0, 0.05) is 19.7 Å². The molecule has 0 atom stereocenters. The SMILES string of the molecule is Cc1nc(NCCC(C)C)cc(N(C)CC(=O)O)n1. The summed E-state index contributed by atoms with van der Waals surface area (Å²) < 4.78 is 0. The van der Waals surface area contributed by atoms with Crippen LogP contribution in [0.25, 0.3) is 0 Å². The summed E-state index contributed by atoms with van der Waals surface area (Å²) in [5.41, 5.74) is 0. The van der Waals surface area contributed by atoms with E-state index in [1.54, 1.807) is 24.9 Å². The van der Waals surface area contributed by atoms with Crippen molar-refractivity contribution in [2.45, 2.75) is 27.2 Å². The van der Waals surface area contributed by atoms with Gasteiger partial charge in [-0.1, -0.05) is 13.8 Å². The molecule has 6 nitrogen and oxygen atoms in total. The molecule has 0 aliphatic carbocycles. The molecule has 2 N–H and O–H groups in total. The molecule has 1 heterocycles. The van der Waals surface area contributed by atoms with E-state index in [9.17, 15) is 4.79 Å². The number of nitrogens with one attached hydrogen (secondary N) is 1. The predicted octanol–water partition coefficient (Wildman–Crippen LogP) is 1.76. The van der Waals surface area contributed by atoms with Crippen molar-refractivity contribution < 1.29 is 9.90 Å². The van der Waals surface area contributed by atoms with Gasteiger partial charge < -0.3 is 15.3 Å². The molecule has 0 fully saturated rings. The maximum atomic E-state index is 10.7. The maximum absolute atomic E-state index is 10.7. The summed E-state index contributed by atoms with van der Waals surface area (Å²) in [5.74, 6) is 1.72. The number of likely N-dealkylation sites (N-methyl/N-ethyl adjacent to an activating group) is 1. The summed E-state index contributed by atoms with van der Waals surface area (Å²) in [7, 11) is 1.70. The van der Waals surface area contributed by atoms with E-state index < -0.39 is 5.97 Å². The third-order valence-electron chi connectivity index (χ3n) is 2.62. The largest absolute Gasteiger partial charge is 0.480 e. The van der Waals surface area contributed by atoms with Gasteiger partial charge in [0.05, 0.1) is 0 Å². The van der Waals surface area contributed by atoms with Gasteiger partial charge in [-0.3, -0.25) is 4.79 Å². The molecule has 1 aromatic rings. The molecule has 1 rings (SSSR count). The Hall–Kier alpha value is -1.85. The van der Waals surface area contributed by atoms with E-state index in [0.29, 0.717) is 17.6 Å². The molecular formula is C13H22N4O2. The molecule has 0 saturated carbocycles. The Morgan fingerprint density at radius 2 is 2.16 bits per heavy atom. The number of aryl methyl sites for hydroxylation is 1. The minimum absolute atomic E-state index is 0.0815. The van der Waals surface area contributed by atoms with E-state index in [4.69, 9.17) is 5.11 Å². The highest BCUT2D eigenvalue weighted by molar-refractivity contribution is 5.73. The number of nitrogens with zero attached hydrogens (tertiary/aromatic N) is 3. The topological polar surface area (TPSA) is 78.4 Å². The molecule has 0 radical (unpaired) electrons. The highest BCUT2D eigenvalue weighted by atomic mass is 16.4. The molecular weight excluding hydrogens is 244 g/mol. The summed E-state index contributed by atoms with van der Waals surface area (Å²) in [6.45, 7) is 6.89. The van der Waals surface area contributed by atoms with E-state index in [0.717, 1.165) is 18.8 Å². The maximum Gasteiger partial charge on any atom is 0.323 e. The number of aromatic nitrogens is 2. The second-order valence-corrected chi connectivity index (χ2v) is 5.02. The van der Waals surface area contributed by atoms with Crippen LogP contribution in [0, 0.1) is 12.8 Å². The fourth-order valence-corrected chi connectivity index (χ4v) is 1.61. The Balaban J connectivity index is 2.73. The number of anilines is 2. The molecule has 106 valence electrons. The zero-order chi connectivity index (χ0) is 14.4. The molecule has 0 aromatic carbocycles. The van der Waals surface area contributed by atoms with E-state index in [2.05, 4.69) is 29.1 Å². The fourth-order valence-electron chi connectivity index (χ4n) is 1.61. The Bertz CT molecular complexity index is 435. The number of carboxylic acid groups (broad SMARTS) is 1. The zero-order valence-electron chi connectivity index (χ0n) is 12.0. The van der Waals surface area contributed by atoms with Crippen LogP contribution in [-0.4, -0.2) is 41.2 Å². The first-order valence-electron chi connectivity index (χ1n) is 6.41. The van der Waals surface area contributed by atoms with Crippen molar-refractivity contribution in [1.29, 1.82) is 0 Å². The average Bonchev–Trinajstić information content (AvgIpc) is 2.26. The molecule has 1 aromatic heterocycles. The summed E-state index contributed by atoms with van der Waals surface area (Å²) in [6.07, 6.45) is 1.06. The quantitative estimate of drug-likeness (QED) is 0.783. The monoisotopic (exact) mass is 266 g/mol. The first-order chi connectivity index (χ1) is 8.88. The predicted molar refractivity (Wildman–Crippen MR) is 75.6 cm³/mol. The van der Waals surface area contributed by atoms with Crippen LogP contribution >= 0.6 is 0 Å². The first-order valence-corrected chi connectivity index (χ1v) is 6.41. The van der Waals surface area contributed by atoms with Gasteiger partial charge in [-0.05, 0) is 19.3 Å². The second-order valence-electron chi connectivity index (χ2n) is 5.02. The number of hydrogen-bond acceptors (Lipinski definition) is 5. The molecule has 0 aliphatic rings. The summed E-state index contributed by atoms with van der Waals surface area (Å²) in [6, 6.07) is 1.77. The van der Waals surface area contributed by atoms with Crippen molar-refractivity contribution >= 4 is 17.6 Å². The minimum atomic E-state index is -0.881. The summed E-state index contributed by atoms with van der Waals surface area (Å²) >= 11 is 0. The van der Waals surface area contributed by atoms with Gasteiger partial charge in [-0.15, -0.1) is 0 Å². The van der Waals surface area contributed by atoms with Crippen LogP contribution in [0.4, 0.5) is 11.6 Å². The fraction of sp³-hybridized carbons (Fsp3) is 0.615. The van der Waals surface area contributed by atoms with E-state index in [1.807, 2.05) is 0 Å². The third kappa shape index (κ3) is 5.54. The Labute approximate surface area is 113 Å². The number of hydrogen-bond donors (Lipinski definition) is 2. The Morgan fingerprint density at radius 3 is 2.74 bits per heavy atom. The molecule has 0 aliphatic heterocycles. The van der Waals surface area contributed by atoms with Crippen molar-refractivity contribution in [1.82, 2.24) is 9.97 Å². The van der Waals surface area contributed by atoms with Crippen LogP contribution in [0.15, 0.2) is 6.07 Å². The van der Waals surface area contributed by atoms with E-state index in [1.165, 1.54) is 0 Å². The molecule has 0 bridgehead atoms. The normalized spacial score (nSPS) is 10.6. The number of carbonyl (C=O) groups is 1. The van der Waals surface area contributed by atoms with E-state index >= 15 is 0 Å². The van der Waals surface area contributed by atoms with Gasteiger partial charge in [0.2, 0.25) is 0 Å². The van der Waals surface area contributed by atoms with Gasteiger partial charge in [0.15, 0.2) is 0 Å². The lowest BCUT2D eigenvalue weighted by molar-refractivity contribution is -0.135. The average molecular weight is 266 g/mol. The number of rotatable bonds is 7. The van der Waals surface area contributed by atoms with Crippen molar-refractivity contribution in [3.8, 4) is 0 Å². The highest BCUT2D eigenvalue weighted by Gasteiger charge is 2.09.